The maximum absolute atomic E-state index is 13.4. The molecule has 1 amide bonds. The molecular weight excluding hydrogens is 346 g/mol. The van der Waals surface area contributed by atoms with Gasteiger partial charge in [-0.05, 0) is 24.3 Å². The minimum absolute atomic E-state index is 0.0304. The number of anilines is 1. The summed E-state index contributed by atoms with van der Waals surface area (Å²) in [6.07, 6.45) is 0. The Hall–Kier alpha value is -2.12. The van der Waals surface area contributed by atoms with Crippen molar-refractivity contribution >= 4 is 46.1 Å². The number of carbonyl (C=O) groups is 1. The van der Waals surface area contributed by atoms with Crippen LogP contribution in [-0.4, -0.2) is 16.6 Å². The predicted octanol–water partition coefficient (Wildman–Crippen LogP) is 4.49. The van der Waals surface area contributed by atoms with Crippen LogP contribution in [0.5, 0.6) is 0 Å². The number of carbonyl (C=O) groups excluding carboxylic acids is 1. The van der Waals surface area contributed by atoms with Crippen LogP contribution >= 0.6 is 23.4 Å². The lowest BCUT2D eigenvalue weighted by molar-refractivity contribution is -0.113. The topological polar surface area (TPSA) is 55.1 Å². The number of aromatic nitrogens is 1. The van der Waals surface area contributed by atoms with Gasteiger partial charge in [0.2, 0.25) is 5.91 Å². The normalized spacial score (nSPS) is 10.9. The van der Waals surface area contributed by atoms with E-state index in [1.807, 2.05) is 0 Å². The molecule has 0 spiro atoms. The van der Waals surface area contributed by atoms with Crippen LogP contribution in [0.25, 0.3) is 11.1 Å². The van der Waals surface area contributed by atoms with Crippen LogP contribution in [0.15, 0.2) is 46.0 Å². The van der Waals surface area contributed by atoms with Crippen LogP contribution in [0.4, 0.5) is 14.5 Å². The summed E-state index contributed by atoms with van der Waals surface area (Å²) < 4.78 is 31.7. The molecule has 0 saturated heterocycles. The second kappa shape index (κ2) is 6.55. The number of nitrogens with one attached hydrogen (secondary N) is 1. The molecular formula is C15H9ClF2N2O2S. The van der Waals surface area contributed by atoms with Crippen LogP contribution in [0.2, 0.25) is 5.02 Å². The Bertz CT molecular complexity index is 885. The van der Waals surface area contributed by atoms with Crippen LogP contribution < -0.4 is 5.32 Å². The van der Waals surface area contributed by atoms with Gasteiger partial charge in [0.1, 0.15) is 17.2 Å². The molecule has 0 saturated carbocycles. The molecule has 2 aromatic carbocycles. The van der Waals surface area contributed by atoms with E-state index < -0.39 is 17.5 Å². The average Bonchev–Trinajstić information content (AvgIpc) is 2.90. The van der Waals surface area contributed by atoms with Crippen molar-refractivity contribution in [3.63, 3.8) is 0 Å². The first-order valence-electron chi connectivity index (χ1n) is 6.45. The molecule has 0 bridgehead atoms. The van der Waals surface area contributed by atoms with Crippen molar-refractivity contribution < 1.29 is 18.0 Å². The summed E-state index contributed by atoms with van der Waals surface area (Å²) in [6.45, 7) is 0. The number of hydrogen-bond acceptors (Lipinski definition) is 4. The molecule has 8 heteroatoms. The lowest BCUT2D eigenvalue weighted by atomic mass is 10.3. The summed E-state index contributed by atoms with van der Waals surface area (Å²) in [6, 6.07) is 7.95. The first-order chi connectivity index (χ1) is 11.0. The fourth-order valence-electron chi connectivity index (χ4n) is 1.84. The predicted molar refractivity (Wildman–Crippen MR) is 84.7 cm³/mol. The van der Waals surface area contributed by atoms with Gasteiger partial charge in [0.25, 0.3) is 5.22 Å². The third kappa shape index (κ3) is 3.80. The molecule has 0 radical (unpaired) electrons. The van der Waals surface area contributed by atoms with Crippen LogP contribution in [-0.2, 0) is 4.79 Å². The summed E-state index contributed by atoms with van der Waals surface area (Å²) >= 11 is 6.91. The van der Waals surface area contributed by atoms with Crippen LogP contribution in [0, 0.1) is 11.6 Å². The third-order valence-corrected chi connectivity index (χ3v) is 3.93. The molecule has 0 aliphatic carbocycles. The molecule has 1 aromatic heterocycles. The minimum Gasteiger partial charge on any atom is -0.431 e. The summed E-state index contributed by atoms with van der Waals surface area (Å²) in [5.41, 5.74) is 1.06. The summed E-state index contributed by atoms with van der Waals surface area (Å²) in [7, 11) is 0. The molecule has 0 fully saturated rings. The van der Waals surface area contributed by atoms with E-state index >= 15 is 0 Å². The number of hydrogen-bond donors (Lipinski definition) is 1. The van der Waals surface area contributed by atoms with E-state index in [0.29, 0.717) is 27.4 Å². The summed E-state index contributed by atoms with van der Waals surface area (Å²) in [5.74, 6) is -2.03. The van der Waals surface area contributed by atoms with Crippen molar-refractivity contribution in [3.8, 4) is 0 Å². The number of benzene rings is 2. The molecule has 23 heavy (non-hydrogen) atoms. The van der Waals surface area contributed by atoms with Gasteiger partial charge in [-0.3, -0.25) is 4.79 Å². The highest BCUT2D eigenvalue weighted by Gasteiger charge is 2.12. The van der Waals surface area contributed by atoms with Gasteiger partial charge in [0.05, 0.1) is 11.4 Å². The van der Waals surface area contributed by atoms with Gasteiger partial charge in [0.15, 0.2) is 5.58 Å². The molecule has 1 N–H and O–H groups in total. The Morgan fingerprint density at radius 2 is 2.09 bits per heavy atom. The molecule has 0 aliphatic heterocycles. The largest absolute Gasteiger partial charge is 0.431 e. The molecule has 0 atom stereocenters. The Labute approximate surface area is 138 Å². The number of rotatable bonds is 4. The number of oxazole rings is 1. The van der Waals surface area contributed by atoms with Gasteiger partial charge in [-0.25, -0.2) is 13.8 Å². The zero-order valence-corrected chi connectivity index (χ0v) is 13.0. The lowest BCUT2D eigenvalue weighted by Gasteiger charge is -2.05. The zero-order valence-electron chi connectivity index (χ0n) is 11.5. The second-order valence-electron chi connectivity index (χ2n) is 4.55. The van der Waals surface area contributed by atoms with Gasteiger partial charge in [-0.2, -0.15) is 0 Å². The number of amides is 1. The van der Waals surface area contributed by atoms with Crippen molar-refractivity contribution in [1.29, 1.82) is 0 Å². The van der Waals surface area contributed by atoms with E-state index in [-0.39, 0.29) is 11.4 Å². The first-order valence-corrected chi connectivity index (χ1v) is 7.81. The minimum atomic E-state index is -0.833. The molecule has 4 nitrogen and oxygen atoms in total. The first kappa shape index (κ1) is 15.8. The molecule has 1 heterocycles. The average molecular weight is 355 g/mol. The number of nitrogens with zero attached hydrogens (tertiary/aromatic N) is 1. The Morgan fingerprint density at radius 1 is 1.26 bits per heavy atom. The molecule has 0 unspecified atom stereocenters. The second-order valence-corrected chi connectivity index (χ2v) is 5.92. The zero-order chi connectivity index (χ0) is 16.4. The Morgan fingerprint density at radius 3 is 2.87 bits per heavy atom. The van der Waals surface area contributed by atoms with Gasteiger partial charge in [-0.15, -0.1) is 0 Å². The number of fused-ring (bicyclic) bond motifs is 1. The van der Waals surface area contributed by atoms with E-state index in [0.717, 1.165) is 23.9 Å². The van der Waals surface area contributed by atoms with Gasteiger partial charge in [0, 0.05) is 17.2 Å². The SMILES string of the molecule is O=C(CSc1nc2ccc(Cl)cc2o1)Nc1ccc(F)cc1F. The third-order valence-electron chi connectivity index (χ3n) is 2.86. The number of halogens is 3. The Kier molecular flexibility index (Phi) is 4.49. The quantitative estimate of drug-likeness (QED) is 0.701. The van der Waals surface area contributed by atoms with Crippen molar-refractivity contribution in [2.24, 2.45) is 0 Å². The lowest BCUT2D eigenvalue weighted by Crippen LogP contribution is -2.15. The van der Waals surface area contributed by atoms with E-state index in [2.05, 4.69) is 10.3 Å². The van der Waals surface area contributed by atoms with E-state index in [9.17, 15) is 13.6 Å². The van der Waals surface area contributed by atoms with Crippen molar-refractivity contribution in [3.05, 3.63) is 53.1 Å². The summed E-state index contributed by atoms with van der Waals surface area (Å²) in [4.78, 5) is 16.0. The van der Waals surface area contributed by atoms with Gasteiger partial charge < -0.3 is 9.73 Å². The highest BCUT2D eigenvalue weighted by atomic mass is 35.5. The van der Waals surface area contributed by atoms with E-state index in [1.54, 1.807) is 18.2 Å². The fraction of sp³-hybridized carbons (Fsp3) is 0.0667. The van der Waals surface area contributed by atoms with Gasteiger partial charge >= 0.3 is 0 Å². The summed E-state index contributed by atoms with van der Waals surface area (Å²) in [5, 5.41) is 3.18. The van der Waals surface area contributed by atoms with E-state index in [1.165, 1.54) is 0 Å². The van der Waals surface area contributed by atoms with Gasteiger partial charge in [-0.1, -0.05) is 23.4 Å². The van der Waals surface area contributed by atoms with Crippen LogP contribution in [0.1, 0.15) is 0 Å². The van der Waals surface area contributed by atoms with Crippen molar-refractivity contribution in [2.75, 3.05) is 11.1 Å². The highest BCUT2D eigenvalue weighted by molar-refractivity contribution is 7.99. The van der Waals surface area contributed by atoms with Crippen molar-refractivity contribution in [1.82, 2.24) is 4.98 Å². The van der Waals surface area contributed by atoms with E-state index in [4.69, 9.17) is 16.0 Å². The Balaban J connectivity index is 1.63. The number of thioether (sulfide) groups is 1. The monoisotopic (exact) mass is 354 g/mol. The highest BCUT2D eigenvalue weighted by Crippen LogP contribution is 2.26. The maximum Gasteiger partial charge on any atom is 0.257 e. The fourth-order valence-corrected chi connectivity index (χ4v) is 2.64. The maximum atomic E-state index is 13.4. The molecule has 118 valence electrons. The molecule has 3 aromatic rings. The van der Waals surface area contributed by atoms with Crippen LogP contribution in [0.3, 0.4) is 0 Å². The molecule has 0 aliphatic rings. The smallest absolute Gasteiger partial charge is 0.257 e. The van der Waals surface area contributed by atoms with Crippen molar-refractivity contribution in [2.45, 2.75) is 5.22 Å². The molecule has 3 rings (SSSR count). The standard InChI is InChI=1S/C15H9ClF2N2O2S/c16-8-1-3-12-13(5-8)22-15(20-12)23-7-14(21)19-11-4-2-9(17)6-10(11)18/h1-6H,7H2,(H,19,21).